The van der Waals surface area contributed by atoms with Crippen LogP contribution in [0.25, 0.3) is 0 Å². The fourth-order valence-electron chi connectivity index (χ4n) is 2.45. The standard InChI is InChI=1S/C10H15NO3/c1-2-9-8-5-3-4-7(6-12)11(8)10(13)14-9/h6-9H,2-5H2,1H3/t7-,8+,9+/m0/s1. The predicted octanol–water partition coefficient (Wildman–Crippen LogP) is 1.34. The van der Waals surface area contributed by atoms with Crippen molar-refractivity contribution < 1.29 is 14.3 Å². The zero-order chi connectivity index (χ0) is 10.1. The highest BCUT2D eigenvalue weighted by Gasteiger charge is 2.45. The van der Waals surface area contributed by atoms with Crippen LogP contribution >= 0.6 is 0 Å². The number of hydrogen-bond acceptors (Lipinski definition) is 3. The third-order valence-corrected chi connectivity index (χ3v) is 3.17. The Hall–Kier alpha value is -1.06. The summed E-state index contributed by atoms with van der Waals surface area (Å²) in [5, 5.41) is 0. The van der Waals surface area contributed by atoms with Gasteiger partial charge in [-0.15, -0.1) is 0 Å². The van der Waals surface area contributed by atoms with Crippen molar-refractivity contribution in [1.29, 1.82) is 0 Å². The van der Waals surface area contributed by atoms with Crippen molar-refractivity contribution in [3.05, 3.63) is 0 Å². The predicted molar refractivity (Wildman–Crippen MR) is 49.9 cm³/mol. The average Bonchev–Trinajstić information content (AvgIpc) is 2.55. The Balaban J connectivity index is 2.19. The van der Waals surface area contributed by atoms with Gasteiger partial charge < -0.3 is 9.53 Å². The van der Waals surface area contributed by atoms with E-state index in [1.54, 1.807) is 4.90 Å². The maximum atomic E-state index is 11.5. The van der Waals surface area contributed by atoms with Crippen molar-refractivity contribution in [3.63, 3.8) is 0 Å². The molecule has 0 spiro atoms. The van der Waals surface area contributed by atoms with Crippen LogP contribution in [-0.2, 0) is 9.53 Å². The molecule has 2 fully saturated rings. The third-order valence-electron chi connectivity index (χ3n) is 3.17. The molecule has 14 heavy (non-hydrogen) atoms. The lowest BCUT2D eigenvalue weighted by molar-refractivity contribution is -0.113. The summed E-state index contributed by atoms with van der Waals surface area (Å²) in [6.45, 7) is 2.01. The first-order valence-electron chi connectivity index (χ1n) is 5.22. The molecule has 0 aromatic heterocycles. The first kappa shape index (κ1) is 9.49. The number of carbonyl (C=O) groups is 2. The van der Waals surface area contributed by atoms with Crippen LogP contribution in [0.3, 0.4) is 0 Å². The number of cyclic esters (lactones) is 1. The molecule has 3 atom stereocenters. The molecule has 0 aromatic rings. The molecule has 0 unspecified atom stereocenters. The van der Waals surface area contributed by atoms with E-state index in [1.165, 1.54) is 0 Å². The summed E-state index contributed by atoms with van der Waals surface area (Å²) in [7, 11) is 0. The zero-order valence-electron chi connectivity index (χ0n) is 8.31. The maximum Gasteiger partial charge on any atom is 0.411 e. The summed E-state index contributed by atoms with van der Waals surface area (Å²) in [4.78, 5) is 23.9. The van der Waals surface area contributed by atoms with Crippen LogP contribution in [0.5, 0.6) is 0 Å². The van der Waals surface area contributed by atoms with Gasteiger partial charge in [0, 0.05) is 0 Å². The van der Waals surface area contributed by atoms with Crippen molar-refractivity contribution in [2.45, 2.75) is 50.8 Å². The number of fused-ring (bicyclic) bond motifs is 1. The Morgan fingerprint density at radius 1 is 1.57 bits per heavy atom. The second kappa shape index (κ2) is 3.59. The van der Waals surface area contributed by atoms with Crippen LogP contribution in [0, 0.1) is 0 Å². The lowest BCUT2D eigenvalue weighted by Gasteiger charge is -2.33. The Morgan fingerprint density at radius 3 is 3.00 bits per heavy atom. The van der Waals surface area contributed by atoms with Crippen LogP contribution < -0.4 is 0 Å². The second-order valence-corrected chi connectivity index (χ2v) is 3.94. The quantitative estimate of drug-likeness (QED) is 0.627. The Kier molecular flexibility index (Phi) is 2.44. The lowest BCUT2D eigenvalue weighted by atomic mass is 9.93. The zero-order valence-corrected chi connectivity index (χ0v) is 8.31. The summed E-state index contributed by atoms with van der Waals surface area (Å²) in [5.74, 6) is 0. The largest absolute Gasteiger partial charge is 0.444 e. The number of nitrogens with zero attached hydrogens (tertiary/aromatic N) is 1. The minimum Gasteiger partial charge on any atom is -0.444 e. The van der Waals surface area contributed by atoms with Crippen LogP contribution in [0.4, 0.5) is 4.79 Å². The van der Waals surface area contributed by atoms with Crippen LogP contribution in [-0.4, -0.2) is 35.5 Å². The normalized spacial score (nSPS) is 36.5. The van der Waals surface area contributed by atoms with Gasteiger partial charge in [-0.3, -0.25) is 4.90 Å². The van der Waals surface area contributed by atoms with E-state index in [4.69, 9.17) is 4.74 Å². The Labute approximate surface area is 83.2 Å². The Bertz CT molecular complexity index is 254. The lowest BCUT2D eigenvalue weighted by Crippen LogP contribution is -2.47. The highest BCUT2D eigenvalue weighted by molar-refractivity contribution is 5.76. The minimum absolute atomic E-state index is 0.00903. The first-order valence-corrected chi connectivity index (χ1v) is 5.22. The molecule has 0 aromatic carbocycles. The maximum absolute atomic E-state index is 11.5. The van der Waals surface area contributed by atoms with Gasteiger partial charge in [-0.25, -0.2) is 4.79 Å². The number of carbonyl (C=O) groups excluding carboxylic acids is 2. The van der Waals surface area contributed by atoms with E-state index >= 15 is 0 Å². The molecule has 78 valence electrons. The van der Waals surface area contributed by atoms with Crippen molar-refractivity contribution in [2.24, 2.45) is 0 Å². The van der Waals surface area contributed by atoms with Gasteiger partial charge >= 0.3 is 6.09 Å². The van der Waals surface area contributed by atoms with Crippen LogP contribution in [0.15, 0.2) is 0 Å². The molecule has 2 rings (SSSR count). The molecule has 0 radical (unpaired) electrons. The smallest absolute Gasteiger partial charge is 0.411 e. The number of aldehydes is 1. The molecule has 2 heterocycles. The van der Waals surface area contributed by atoms with Crippen molar-refractivity contribution in [3.8, 4) is 0 Å². The molecular formula is C10H15NO3. The third kappa shape index (κ3) is 1.29. The van der Waals surface area contributed by atoms with Gasteiger partial charge in [0.05, 0.1) is 12.1 Å². The number of amides is 1. The van der Waals surface area contributed by atoms with E-state index in [9.17, 15) is 9.59 Å². The van der Waals surface area contributed by atoms with Crippen LogP contribution in [0.1, 0.15) is 32.6 Å². The number of piperidine rings is 1. The summed E-state index contributed by atoms with van der Waals surface area (Å²) < 4.78 is 5.22. The van der Waals surface area contributed by atoms with Crippen molar-refractivity contribution >= 4 is 12.4 Å². The highest BCUT2D eigenvalue weighted by Crippen LogP contribution is 2.32. The van der Waals surface area contributed by atoms with E-state index < -0.39 is 0 Å². The Morgan fingerprint density at radius 2 is 2.36 bits per heavy atom. The van der Waals surface area contributed by atoms with Crippen LogP contribution in [0.2, 0.25) is 0 Å². The van der Waals surface area contributed by atoms with E-state index in [0.29, 0.717) is 0 Å². The van der Waals surface area contributed by atoms with Gasteiger partial charge in [-0.05, 0) is 25.7 Å². The fraction of sp³-hybridized carbons (Fsp3) is 0.800. The van der Waals surface area contributed by atoms with E-state index in [0.717, 1.165) is 32.0 Å². The molecule has 2 aliphatic rings. The van der Waals surface area contributed by atoms with E-state index in [2.05, 4.69) is 0 Å². The summed E-state index contributed by atoms with van der Waals surface area (Å²) in [5.41, 5.74) is 0. The summed E-state index contributed by atoms with van der Waals surface area (Å²) >= 11 is 0. The molecule has 2 saturated heterocycles. The number of hydrogen-bond donors (Lipinski definition) is 0. The number of ether oxygens (including phenoxy) is 1. The molecule has 0 aliphatic carbocycles. The van der Waals surface area contributed by atoms with Crippen molar-refractivity contribution in [2.75, 3.05) is 0 Å². The van der Waals surface area contributed by atoms with Gasteiger partial charge in [-0.2, -0.15) is 0 Å². The molecule has 1 amide bonds. The molecule has 2 aliphatic heterocycles. The topological polar surface area (TPSA) is 46.6 Å². The van der Waals surface area contributed by atoms with Gasteiger partial charge in [0.1, 0.15) is 12.4 Å². The molecule has 0 bridgehead atoms. The van der Waals surface area contributed by atoms with E-state index in [-0.39, 0.29) is 24.3 Å². The highest BCUT2D eigenvalue weighted by atomic mass is 16.6. The molecule has 4 nitrogen and oxygen atoms in total. The first-order chi connectivity index (χ1) is 6.77. The monoisotopic (exact) mass is 197 g/mol. The van der Waals surface area contributed by atoms with Gasteiger partial charge in [0.2, 0.25) is 0 Å². The molecular weight excluding hydrogens is 182 g/mol. The molecule has 4 heteroatoms. The molecule has 0 N–H and O–H groups in total. The average molecular weight is 197 g/mol. The molecule has 0 saturated carbocycles. The minimum atomic E-state index is -0.307. The summed E-state index contributed by atoms with van der Waals surface area (Å²) in [6, 6.07) is -0.116. The number of rotatable bonds is 2. The van der Waals surface area contributed by atoms with Gasteiger partial charge in [0.15, 0.2) is 0 Å². The second-order valence-electron chi connectivity index (χ2n) is 3.94. The summed E-state index contributed by atoms with van der Waals surface area (Å²) in [6.07, 6.45) is 4.14. The fourth-order valence-corrected chi connectivity index (χ4v) is 2.45. The van der Waals surface area contributed by atoms with E-state index in [1.807, 2.05) is 6.92 Å². The van der Waals surface area contributed by atoms with Crippen molar-refractivity contribution in [1.82, 2.24) is 4.90 Å². The van der Waals surface area contributed by atoms with Gasteiger partial charge in [-0.1, -0.05) is 6.92 Å². The van der Waals surface area contributed by atoms with Gasteiger partial charge in [0.25, 0.3) is 0 Å². The SMILES string of the molecule is CC[C@H]1OC(=O)N2[C@H](C=O)CCC[C@H]12.